The zero-order chi connectivity index (χ0) is 50.4. The number of aliphatic carboxylic acids is 1. The third-order valence-corrected chi connectivity index (χ3v) is 10.3. The number of carbonyl (C=O) groups excluding carboxylic acids is 8. The molecule has 0 heterocycles. The van der Waals surface area contributed by atoms with Crippen molar-refractivity contribution in [2.75, 3.05) is 18.9 Å². The molecule has 0 bridgehead atoms. The summed E-state index contributed by atoms with van der Waals surface area (Å²) in [5.41, 5.74) is 11.9. The molecule has 0 saturated carbocycles. The van der Waals surface area contributed by atoms with Crippen LogP contribution in [0, 0.1) is 5.92 Å². The SMILES string of the molecule is CC(=O)N[C@H](C(=O)N[C@@H](Cc1ccc(O)cc1)C(=O)N[C@@H](C)C(=O)N[C@@H](CO)C(=O)N[C@@H](CS)C(=O)N[C@@H](Cc1ccccc1)C(=O)N[C@@H](CCCN=C(N)N)C(=O)N[C@@H](C)C(=O)O)C(C)C. The number of aliphatic hydroxyl groups excluding tert-OH is 1. The van der Waals surface area contributed by atoms with Gasteiger partial charge in [0.2, 0.25) is 47.3 Å². The number of phenols is 1. The fourth-order valence-corrected chi connectivity index (χ4v) is 6.44. The van der Waals surface area contributed by atoms with Crippen molar-refractivity contribution < 1.29 is 58.5 Å². The van der Waals surface area contributed by atoms with Gasteiger partial charge in [0.15, 0.2) is 5.96 Å². The summed E-state index contributed by atoms with van der Waals surface area (Å²) in [6.07, 6.45) is -0.0449. The van der Waals surface area contributed by atoms with E-state index in [1.807, 2.05) is 0 Å². The van der Waals surface area contributed by atoms with Crippen LogP contribution in [-0.4, -0.2) is 142 Å². The molecule has 0 aliphatic carbocycles. The second-order valence-corrected chi connectivity index (χ2v) is 16.3. The third-order valence-electron chi connectivity index (χ3n) is 9.92. The molecule has 2 aromatic rings. The number of carboxylic acids is 1. The molecule has 368 valence electrons. The van der Waals surface area contributed by atoms with Crippen LogP contribution < -0.4 is 54.0 Å². The molecule has 23 nitrogen and oxygen atoms in total. The van der Waals surface area contributed by atoms with Crippen molar-refractivity contribution in [1.29, 1.82) is 0 Å². The Balaban J connectivity index is 2.24. The number of hydrogen-bond acceptors (Lipinski definition) is 13. The van der Waals surface area contributed by atoms with Crippen LogP contribution in [0.5, 0.6) is 5.75 Å². The minimum absolute atomic E-state index is 0.0335. The lowest BCUT2D eigenvalue weighted by molar-refractivity contribution is -0.141. The normalized spacial score (nSPS) is 14.4. The molecular weight excluding hydrogens is 895 g/mol. The first kappa shape index (κ1) is 56.2. The first-order valence-electron chi connectivity index (χ1n) is 21.3. The number of nitrogens with two attached hydrogens (primary N) is 2. The Bertz CT molecular complexity index is 2060. The van der Waals surface area contributed by atoms with Crippen molar-refractivity contribution in [2.45, 2.75) is 109 Å². The first-order chi connectivity index (χ1) is 31.6. The van der Waals surface area contributed by atoms with Gasteiger partial charge in [-0.25, -0.2) is 0 Å². The van der Waals surface area contributed by atoms with E-state index in [2.05, 4.69) is 60.2 Å². The topological polar surface area (TPSA) is 375 Å². The molecule has 0 radical (unpaired) electrons. The van der Waals surface area contributed by atoms with E-state index in [0.717, 1.165) is 0 Å². The molecule has 0 aliphatic rings. The summed E-state index contributed by atoms with van der Waals surface area (Å²) < 4.78 is 0. The Hall–Kier alpha value is -6.95. The van der Waals surface area contributed by atoms with Gasteiger partial charge in [-0.15, -0.1) is 0 Å². The van der Waals surface area contributed by atoms with E-state index >= 15 is 0 Å². The minimum Gasteiger partial charge on any atom is -0.508 e. The molecule has 0 unspecified atom stereocenters. The summed E-state index contributed by atoms with van der Waals surface area (Å²) in [6.45, 7) is 6.24. The van der Waals surface area contributed by atoms with Gasteiger partial charge in [0, 0.05) is 32.1 Å². The van der Waals surface area contributed by atoms with Crippen molar-refractivity contribution in [3.63, 3.8) is 0 Å². The number of thiol groups is 1. The Morgan fingerprint density at radius 2 is 1.06 bits per heavy atom. The smallest absolute Gasteiger partial charge is 0.325 e. The van der Waals surface area contributed by atoms with E-state index in [0.29, 0.717) is 11.1 Å². The number of carbonyl (C=O) groups is 9. The predicted octanol–water partition coefficient (Wildman–Crippen LogP) is -3.17. The number of nitrogens with one attached hydrogen (secondary N) is 8. The van der Waals surface area contributed by atoms with E-state index in [1.54, 1.807) is 44.2 Å². The van der Waals surface area contributed by atoms with Crippen LogP contribution in [0.15, 0.2) is 59.6 Å². The lowest BCUT2D eigenvalue weighted by atomic mass is 10.0. The lowest BCUT2D eigenvalue weighted by Gasteiger charge is -2.27. The zero-order valence-corrected chi connectivity index (χ0v) is 38.8. The lowest BCUT2D eigenvalue weighted by Crippen LogP contribution is -2.61. The Morgan fingerprint density at radius 1 is 0.597 bits per heavy atom. The summed E-state index contributed by atoms with van der Waals surface area (Å²) in [4.78, 5) is 122. The van der Waals surface area contributed by atoms with Gasteiger partial charge in [-0.2, -0.15) is 12.6 Å². The van der Waals surface area contributed by atoms with Crippen LogP contribution >= 0.6 is 12.6 Å². The van der Waals surface area contributed by atoms with Crippen LogP contribution in [0.2, 0.25) is 0 Å². The average molecular weight is 958 g/mol. The van der Waals surface area contributed by atoms with Gasteiger partial charge >= 0.3 is 5.97 Å². The van der Waals surface area contributed by atoms with Crippen molar-refractivity contribution in [3.8, 4) is 5.75 Å². The molecule has 0 fully saturated rings. The van der Waals surface area contributed by atoms with E-state index in [-0.39, 0.29) is 55.6 Å². The second-order valence-electron chi connectivity index (χ2n) is 15.9. The Labute approximate surface area is 393 Å². The second kappa shape index (κ2) is 28.2. The molecule has 15 N–H and O–H groups in total. The Kier molecular flexibility index (Phi) is 23.6. The van der Waals surface area contributed by atoms with Gasteiger partial charge in [-0.3, -0.25) is 48.1 Å². The number of rotatable bonds is 27. The molecule has 0 spiro atoms. The molecule has 0 aliphatic heterocycles. The summed E-state index contributed by atoms with van der Waals surface area (Å²) in [5.74, 6) is -8.86. The van der Waals surface area contributed by atoms with Gasteiger partial charge in [-0.1, -0.05) is 56.3 Å². The van der Waals surface area contributed by atoms with Gasteiger partial charge in [0.05, 0.1) is 6.61 Å². The maximum Gasteiger partial charge on any atom is 0.325 e. The molecule has 2 aromatic carbocycles. The number of phenolic OH excluding ortho intramolecular Hbond substituents is 1. The average Bonchev–Trinajstić information content (AvgIpc) is 3.27. The van der Waals surface area contributed by atoms with Crippen LogP contribution in [0.25, 0.3) is 0 Å². The highest BCUT2D eigenvalue weighted by molar-refractivity contribution is 7.80. The van der Waals surface area contributed by atoms with Gasteiger partial charge < -0.3 is 69.3 Å². The molecule has 0 saturated heterocycles. The van der Waals surface area contributed by atoms with Crippen molar-refractivity contribution in [1.82, 2.24) is 42.5 Å². The number of hydrogen-bond donors (Lipinski definition) is 14. The molecule has 8 amide bonds. The summed E-state index contributed by atoms with van der Waals surface area (Å²) >= 11 is 4.19. The van der Waals surface area contributed by atoms with Crippen molar-refractivity contribution in [2.24, 2.45) is 22.4 Å². The number of aromatic hydroxyl groups is 1. The number of carboxylic acid groups (broad SMARTS) is 1. The minimum atomic E-state index is -1.67. The molecule has 8 atom stereocenters. The number of nitrogens with zero attached hydrogens (tertiary/aromatic N) is 1. The van der Waals surface area contributed by atoms with E-state index < -0.39 is 108 Å². The van der Waals surface area contributed by atoms with E-state index in [1.165, 1.54) is 45.0 Å². The fourth-order valence-electron chi connectivity index (χ4n) is 6.18. The molecular formula is C43H63N11O12S. The first-order valence-corrected chi connectivity index (χ1v) is 21.9. The number of aliphatic hydroxyl groups is 1. The van der Waals surface area contributed by atoms with Crippen LogP contribution in [0.3, 0.4) is 0 Å². The molecule has 0 aromatic heterocycles. The van der Waals surface area contributed by atoms with Crippen molar-refractivity contribution in [3.05, 3.63) is 65.7 Å². The highest BCUT2D eigenvalue weighted by atomic mass is 32.1. The van der Waals surface area contributed by atoms with Gasteiger partial charge in [0.1, 0.15) is 54.1 Å². The van der Waals surface area contributed by atoms with Crippen LogP contribution in [-0.2, 0) is 56.0 Å². The largest absolute Gasteiger partial charge is 0.508 e. The fraction of sp³-hybridized carbons (Fsp3) is 0.488. The van der Waals surface area contributed by atoms with Gasteiger partial charge in [0.25, 0.3) is 0 Å². The van der Waals surface area contributed by atoms with E-state index in [9.17, 15) is 58.5 Å². The summed E-state index contributed by atoms with van der Waals surface area (Å²) in [7, 11) is 0. The van der Waals surface area contributed by atoms with Crippen LogP contribution in [0.1, 0.15) is 58.6 Å². The third kappa shape index (κ3) is 20.0. The maximum absolute atomic E-state index is 13.8. The molecule has 24 heteroatoms. The van der Waals surface area contributed by atoms with Crippen LogP contribution in [0.4, 0.5) is 0 Å². The number of amides is 8. The number of aliphatic imine (C=N–C) groups is 1. The molecule has 2 rings (SSSR count). The van der Waals surface area contributed by atoms with Gasteiger partial charge in [-0.05, 0) is 55.9 Å². The van der Waals surface area contributed by atoms with E-state index in [4.69, 9.17) is 11.5 Å². The number of benzene rings is 2. The summed E-state index contributed by atoms with van der Waals surface area (Å²) in [5, 5.41) is 48.9. The predicted molar refractivity (Wildman–Crippen MR) is 248 cm³/mol. The monoisotopic (exact) mass is 957 g/mol. The highest BCUT2D eigenvalue weighted by Gasteiger charge is 2.34. The number of guanidine groups is 1. The summed E-state index contributed by atoms with van der Waals surface area (Å²) in [6, 6.07) is 3.50. The zero-order valence-electron chi connectivity index (χ0n) is 37.9. The highest BCUT2D eigenvalue weighted by Crippen LogP contribution is 2.13. The molecule has 67 heavy (non-hydrogen) atoms. The van der Waals surface area contributed by atoms with Crippen molar-refractivity contribution >= 4 is 71.8 Å². The maximum atomic E-state index is 13.8. The quantitative estimate of drug-likeness (QED) is 0.0182. The standard InChI is InChI=1S/C43H63N11O12S/c1-22(2)34(49-25(5)56)41(64)52-30(19-27-13-15-28(57)16-14-27)37(60)47-23(3)35(58)53-32(20-55)39(62)54-33(21-67)40(63)51-31(18-26-10-7-6-8-11-26)38(61)50-29(12-9-17-46-43(44)45)36(59)48-24(4)42(65)66/h6-8,10-11,13-16,22-24,29-34,55,57,67H,9,12,17-21H2,1-5H3,(H,47,60)(H,48,59)(H,49,56)(H,50,61)(H,51,63)(H,52,64)(H,53,58)(H,54,62)(H,65,66)(H4,44,45,46)/t23-,24-,29-,30-,31-,32-,33-,34-/m0/s1. The Morgan fingerprint density at radius 3 is 1.58 bits per heavy atom.